The zero-order valence-corrected chi connectivity index (χ0v) is 25.9. The number of hydrogen-bond donors (Lipinski definition) is 0. The normalized spacial score (nSPS) is 22.8. The fraction of sp³-hybridized carbons (Fsp3) is 0.222. The Bertz CT molecular complexity index is 1600. The first kappa shape index (κ1) is 23.9. The van der Waals surface area contributed by atoms with Crippen molar-refractivity contribution in [1.82, 2.24) is 0 Å². The minimum atomic E-state index is -3.10. The van der Waals surface area contributed by atoms with Crippen molar-refractivity contribution in [2.75, 3.05) is 0 Å². The van der Waals surface area contributed by atoms with Crippen molar-refractivity contribution in [3.05, 3.63) is 130 Å². The molecule has 8 rings (SSSR count). The number of benzene rings is 4. The average Bonchev–Trinajstić information content (AvgIpc) is 3.50. The first-order chi connectivity index (χ1) is 18.9. The molecule has 3 aliphatic carbocycles. The third-order valence-corrected chi connectivity index (χ3v) is 25.4. The number of hydrogen-bond acceptors (Lipinski definition) is 0. The molecule has 2 fully saturated rings. The quantitative estimate of drug-likeness (QED) is 0.185. The van der Waals surface area contributed by atoms with Crippen LogP contribution in [0.4, 0.5) is 8.78 Å². The predicted molar refractivity (Wildman–Crippen MR) is 153 cm³/mol. The number of rotatable bonds is 2. The van der Waals surface area contributed by atoms with Crippen LogP contribution in [0, 0.1) is 17.0 Å². The fourth-order valence-corrected chi connectivity index (χ4v) is 25.5. The van der Waals surface area contributed by atoms with Crippen molar-refractivity contribution in [3.63, 3.8) is 0 Å². The van der Waals surface area contributed by atoms with E-state index < -0.39 is 20.0 Å². The summed E-state index contributed by atoms with van der Waals surface area (Å²) in [5.41, 5.74) is 13.9. The summed E-state index contributed by atoms with van der Waals surface area (Å²) in [6.07, 6.45) is 8.83. The van der Waals surface area contributed by atoms with E-state index in [0.717, 1.165) is 11.1 Å². The van der Waals surface area contributed by atoms with Gasteiger partial charge in [0.2, 0.25) is 0 Å². The minimum absolute atomic E-state index is 0.142. The molecule has 4 aromatic rings. The van der Waals surface area contributed by atoms with Crippen LogP contribution < -0.4 is 0 Å². The van der Waals surface area contributed by atoms with Crippen LogP contribution in [0.25, 0.3) is 34.4 Å². The van der Waals surface area contributed by atoms with Gasteiger partial charge in [0.25, 0.3) is 0 Å². The van der Waals surface area contributed by atoms with Gasteiger partial charge in [-0.25, -0.2) is 0 Å². The van der Waals surface area contributed by atoms with Gasteiger partial charge in [-0.15, -0.1) is 0 Å². The third kappa shape index (κ3) is 3.23. The number of allylic oxidation sites excluding steroid dienone is 2. The van der Waals surface area contributed by atoms with Gasteiger partial charge < -0.3 is 0 Å². The Morgan fingerprint density at radius 1 is 0.615 bits per heavy atom. The molecule has 2 atom stereocenters. The topological polar surface area (TPSA) is 0 Å². The van der Waals surface area contributed by atoms with Crippen LogP contribution in [0.3, 0.4) is 0 Å². The summed E-state index contributed by atoms with van der Waals surface area (Å²) in [7, 11) is 0. The molecule has 0 aromatic heterocycles. The van der Waals surface area contributed by atoms with Gasteiger partial charge >= 0.3 is 235 Å². The monoisotopic (exact) mass is 680 g/mol. The second-order valence-corrected chi connectivity index (χ2v) is 29.7. The van der Waals surface area contributed by atoms with Gasteiger partial charge in [0.05, 0.1) is 0 Å². The average molecular weight is 679 g/mol. The van der Waals surface area contributed by atoms with Gasteiger partial charge in [0.1, 0.15) is 0 Å². The van der Waals surface area contributed by atoms with Crippen molar-refractivity contribution in [2.24, 2.45) is 5.41 Å². The molecule has 3 heteroatoms. The molecular weight excluding hydrogens is 649 g/mol. The molecule has 1 heterocycles. The second kappa shape index (κ2) is 8.30. The van der Waals surface area contributed by atoms with Crippen LogP contribution in [0.5, 0.6) is 0 Å². The van der Waals surface area contributed by atoms with E-state index in [1.54, 1.807) is 35.4 Å². The van der Waals surface area contributed by atoms with Crippen molar-refractivity contribution >= 4 is 12.2 Å². The Balaban J connectivity index is 1.33. The summed E-state index contributed by atoms with van der Waals surface area (Å²) in [4.78, 5) is 0. The third-order valence-electron chi connectivity index (χ3n) is 10.2. The SMILES string of the molecule is [CH3][Hf]1([CH3])[CH]2C(=Cc3c(-c4ccc(F)cc4)cccc32)C2(CCC2)C2=Cc3c(-c4ccc(F)cc4)cccc3[CH]21. The summed E-state index contributed by atoms with van der Waals surface area (Å²) in [5, 5.41) is 0. The van der Waals surface area contributed by atoms with Gasteiger partial charge in [-0.3, -0.25) is 0 Å². The molecule has 0 amide bonds. The van der Waals surface area contributed by atoms with E-state index in [1.807, 2.05) is 24.3 Å². The van der Waals surface area contributed by atoms with Crippen LogP contribution in [0.15, 0.2) is 96.1 Å². The van der Waals surface area contributed by atoms with Crippen molar-refractivity contribution in [1.29, 1.82) is 0 Å². The molecule has 1 saturated carbocycles. The van der Waals surface area contributed by atoms with Crippen molar-refractivity contribution in [2.45, 2.75) is 36.0 Å². The Kier molecular flexibility index (Phi) is 5.09. The standard InChI is InChI=1S/C34H24F2.2CH3.Hf/c35-28-12-8-22(9-13-28)30-6-1-4-24-18-26(20-32(24)30)34(16-3-17-34)27-19-25-5-2-7-31(33(25)21-27)23-10-14-29(36)15-11-23;;;/h1-2,4-15,18-21H,3,16-17H2;2*1H3;. The number of halogens is 2. The maximum absolute atomic E-state index is 13.8. The summed E-state index contributed by atoms with van der Waals surface area (Å²) < 4.78 is 34.0. The first-order valence-electron chi connectivity index (χ1n) is 14.1. The molecule has 0 nitrogen and oxygen atoms in total. The summed E-state index contributed by atoms with van der Waals surface area (Å²) in [6, 6.07) is 27.6. The van der Waals surface area contributed by atoms with E-state index in [1.165, 1.54) is 52.6 Å². The van der Waals surface area contributed by atoms with E-state index in [2.05, 4.69) is 57.9 Å². The van der Waals surface area contributed by atoms with E-state index in [9.17, 15) is 8.78 Å². The molecule has 1 spiro atoms. The zero-order chi connectivity index (χ0) is 26.5. The summed E-state index contributed by atoms with van der Waals surface area (Å²) in [6.45, 7) is 0. The Hall–Kier alpha value is -2.91. The van der Waals surface area contributed by atoms with Crippen molar-refractivity contribution in [3.8, 4) is 22.3 Å². The summed E-state index contributed by atoms with van der Waals surface area (Å²) in [5.74, 6) is -0.383. The first-order valence-corrected chi connectivity index (χ1v) is 25.4. The molecule has 4 aliphatic rings. The Morgan fingerprint density at radius 3 is 1.44 bits per heavy atom. The van der Waals surface area contributed by atoms with Crippen LogP contribution in [-0.2, 0) is 20.0 Å². The van der Waals surface area contributed by atoms with Gasteiger partial charge in [0.15, 0.2) is 0 Å². The Morgan fingerprint density at radius 2 is 1.05 bits per heavy atom. The molecule has 2 unspecified atom stereocenters. The fourth-order valence-electron chi connectivity index (χ4n) is 8.44. The summed E-state index contributed by atoms with van der Waals surface area (Å²) >= 11 is -3.10. The van der Waals surface area contributed by atoms with Crippen molar-refractivity contribution < 1.29 is 28.7 Å². The second-order valence-electron chi connectivity index (χ2n) is 12.5. The van der Waals surface area contributed by atoms with E-state index in [4.69, 9.17) is 0 Å². The molecule has 39 heavy (non-hydrogen) atoms. The predicted octanol–water partition coefficient (Wildman–Crippen LogP) is 10.3. The number of fused-ring (bicyclic) bond motifs is 8. The molecule has 0 N–H and O–H groups in total. The van der Waals surface area contributed by atoms with Gasteiger partial charge in [-0.2, -0.15) is 0 Å². The Labute approximate surface area is 233 Å². The van der Waals surface area contributed by atoms with Crippen LogP contribution in [0.2, 0.25) is 9.36 Å². The molecular formula is C36H30F2Hf. The zero-order valence-electron chi connectivity index (χ0n) is 22.3. The van der Waals surface area contributed by atoms with Gasteiger partial charge in [0, 0.05) is 0 Å². The van der Waals surface area contributed by atoms with Crippen LogP contribution in [-0.4, -0.2) is 0 Å². The van der Waals surface area contributed by atoms with Gasteiger partial charge in [-0.1, -0.05) is 0 Å². The van der Waals surface area contributed by atoms with Crippen LogP contribution in [0.1, 0.15) is 48.9 Å². The molecule has 0 bridgehead atoms. The van der Waals surface area contributed by atoms with E-state index in [0.29, 0.717) is 7.35 Å². The van der Waals surface area contributed by atoms with Gasteiger partial charge in [-0.05, 0) is 0 Å². The molecule has 192 valence electrons. The molecule has 1 aliphatic heterocycles. The molecule has 4 aromatic carbocycles. The molecule has 1 saturated heterocycles. The van der Waals surface area contributed by atoms with Crippen LogP contribution >= 0.6 is 0 Å². The van der Waals surface area contributed by atoms with E-state index >= 15 is 0 Å². The molecule has 0 radical (unpaired) electrons. The van der Waals surface area contributed by atoms with E-state index in [-0.39, 0.29) is 17.0 Å². The maximum atomic E-state index is 13.8.